The van der Waals surface area contributed by atoms with Crippen LogP contribution >= 0.6 is 0 Å². The van der Waals surface area contributed by atoms with Gasteiger partial charge in [-0.2, -0.15) is 0 Å². The van der Waals surface area contributed by atoms with Crippen LogP contribution in [-0.4, -0.2) is 34.6 Å². The molecule has 202 valence electrons. The number of halogens is 4. The minimum atomic E-state index is -4.91. The van der Waals surface area contributed by atoms with Gasteiger partial charge in [0.15, 0.2) is 5.69 Å². The Bertz CT molecular complexity index is 1390. The van der Waals surface area contributed by atoms with Gasteiger partial charge < -0.3 is 29.8 Å². The summed E-state index contributed by atoms with van der Waals surface area (Å²) in [6.07, 6.45) is -4.15. The van der Waals surface area contributed by atoms with Crippen LogP contribution in [0.1, 0.15) is 24.9 Å². The summed E-state index contributed by atoms with van der Waals surface area (Å²) in [6.45, 7) is 1.57. The van der Waals surface area contributed by atoms with Crippen LogP contribution in [0.3, 0.4) is 0 Å². The lowest BCUT2D eigenvalue weighted by Crippen LogP contribution is -2.36. The lowest BCUT2D eigenvalue weighted by atomic mass is 9.97. The monoisotopic (exact) mass is 537 g/mol. The maximum Gasteiger partial charge on any atom is 0.573 e. The summed E-state index contributed by atoms with van der Waals surface area (Å²) in [5.74, 6) is -2.61. The molecular formula is C25H23F4N3O6. The maximum atomic E-state index is 14.9. The van der Waals surface area contributed by atoms with E-state index in [0.29, 0.717) is 0 Å². The third-order valence-corrected chi connectivity index (χ3v) is 5.24. The molecule has 13 heteroatoms. The number of carbonyl (C=O) groups is 2. The third-order valence-electron chi connectivity index (χ3n) is 5.24. The topological polar surface area (TPSA) is 119 Å². The van der Waals surface area contributed by atoms with Crippen LogP contribution in [0, 0.1) is 5.82 Å². The molecule has 0 saturated carbocycles. The first-order chi connectivity index (χ1) is 17.9. The Morgan fingerprint density at radius 2 is 1.82 bits per heavy atom. The summed E-state index contributed by atoms with van der Waals surface area (Å²) in [5.41, 5.74) is -0.850. The Labute approximate surface area is 213 Å². The summed E-state index contributed by atoms with van der Waals surface area (Å²) in [7, 11) is 1.39. The van der Waals surface area contributed by atoms with Gasteiger partial charge in [-0.3, -0.25) is 9.59 Å². The number of ether oxygens (including phenoxy) is 2. The number of carbonyl (C=O) groups excluding carboxylic acids is 2. The minimum absolute atomic E-state index is 0.0141. The van der Waals surface area contributed by atoms with Crippen LogP contribution in [0.5, 0.6) is 11.5 Å². The lowest BCUT2D eigenvalue weighted by molar-refractivity contribution is -0.274. The van der Waals surface area contributed by atoms with Crippen molar-refractivity contribution in [2.24, 2.45) is 7.05 Å². The van der Waals surface area contributed by atoms with Crippen molar-refractivity contribution in [3.8, 4) is 22.6 Å². The second-order valence-corrected chi connectivity index (χ2v) is 7.96. The van der Waals surface area contributed by atoms with E-state index in [1.807, 2.05) is 0 Å². The molecule has 1 heterocycles. The molecule has 3 N–H and O–H groups in total. The van der Waals surface area contributed by atoms with Crippen molar-refractivity contribution in [2.75, 3.05) is 11.9 Å². The van der Waals surface area contributed by atoms with Crippen molar-refractivity contribution in [2.45, 2.75) is 25.7 Å². The van der Waals surface area contributed by atoms with Crippen LogP contribution in [0.15, 0.2) is 59.5 Å². The van der Waals surface area contributed by atoms with Crippen LogP contribution < -0.4 is 20.9 Å². The Morgan fingerprint density at radius 1 is 1.11 bits per heavy atom. The molecule has 1 aromatic heterocycles. The first-order valence-electron chi connectivity index (χ1n) is 11.1. The average molecular weight is 537 g/mol. The molecule has 0 fully saturated rings. The van der Waals surface area contributed by atoms with Crippen molar-refractivity contribution in [1.29, 1.82) is 0 Å². The fourth-order valence-corrected chi connectivity index (χ4v) is 3.53. The number of nitrogens with zero attached hydrogens (tertiary/aromatic N) is 1. The van der Waals surface area contributed by atoms with E-state index in [2.05, 4.69) is 15.4 Å². The first-order valence-corrected chi connectivity index (χ1v) is 11.1. The van der Waals surface area contributed by atoms with Crippen molar-refractivity contribution < 1.29 is 41.7 Å². The molecule has 0 radical (unpaired) electrons. The zero-order chi connectivity index (χ0) is 28.0. The molecule has 0 saturated heterocycles. The number of rotatable bonds is 8. The van der Waals surface area contributed by atoms with E-state index in [1.54, 1.807) is 6.92 Å². The third kappa shape index (κ3) is 7.24. The molecule has 3 aromatic rings. The zero-order valence-corrected chi connectivity index (χ0v) is 20.1. The molecule has 1 atom stereocenters. The first kappa shape index (κ1) is 28.0. The number of hydrogen-bond acceptors (Lipinski definition) is 6. The van der Waals surface area contributed by atoms with Crippen LogP contribution in [-0.2, 0) is 16.6 Å². The van der Waals surface area contributed by atoms with Gasteiger partial charge in [-0.05, 0) is 48.4 Å². The summed E-state index contributed by atoms with van der Waals surface area (Å²) < 4.78 is 62.8. The van der Waals surface area contributed by atoms with E-state index < -0.39 is 59.4 Å². The van der Waals surface area contributed by atoms with E-state index in [9.17, 15) is 37.1 Å². The molecule has 0 aliphatic heterocycles. The van der Waals surface area contributed by atoms with E-state index in [0.717, 1.165) is 22.8 Å². The molecule has 0 spiro atoms. The van der Waals surface area contributed by atoms with Gasteiger partial charge in [-0.25, -0.2) is 9.18 Å². The number of pyridine rings is 1. The predicted octanol–water partition coefficient (Wildman–Crippen LogP) is 4.61. The van der Waals surface area contributed by atoms with Crippen molar-refractivity contribution in [1.82, 2.24) is 9.88 Å². The van der Waals surface area contributed by atoms with Crippen LogP contribution in [0.2, 0.25) is 0 Å². The highest BCUT2D eigenvalue weighted by Crippen LogP contribution is 2.31. The van der Waals surface area contributed by atoms with Crippen molar-refractivity contribution >= 4 is 17.7 Å². The standard InChI is InChI=1S/C25H23F4N3O6/c1-3-37-21(34)13-19(30-24(36)31-22-20(33)9-10-32(2)23(22)35)17-12-15(7-8-18(17)26)14-5-4-6-16(11-14)38-25(27,28)29/h4-12,19,33H,3,13H2,1-2H3,(H2,30,31,36). The predicted molar refractivity (Wildman–Crippen MR) is 128 cm³/mol. The quantitative estimate of drug-likeness (QED) is 0.285. The van der Waals surface area contributed by atoms with Gasteiger partial charge in [0.2, 0.25) is 0 Å². The molecule has 0 bridgehead atoms. The Hall–Kier alpha value is -4.55. The molecule has 1 unspecified atom stereocenters. The van der Waals surface area contributed by atoms with E-state index in [1.165, 1.54) is 43.6 Å². The second kappa shape index (κ2) is 11.7. The molecule has 2 aromatic carbocycles. The van der Waals surface area contributed by atoms with Crippen molar-refractivity contribution in [3.63, 3.8) is 0 Å². The molecule has 2 amide bonds. The Morgan fingerprint density at radius 3 is 2.50 bits per heavy atom. The molecule has 0 aliphatic carbocycles. The number of urea groups is 1. The Kier molecular flexibility index (Phi) is 8.61. The molecule has 38 heavy (non-hydrogen) atoms. The van der Waals surface area contributed by atoms with E-state index >= 15 is 0 Å². The molecule has 9 nitrogen and oxygen atoms in total. The van der Waals surface area contributed by atoms with Gasteiger partial charge in [-0.1, -0.05) is 18.2 Å². The number of aromatic hydroxyl groups is 1. The van der Waals surface area contributed by atoms with Crippen molar-refractivity contribution in [3.05, 3.63) is 76.5 Å². The number of anilines is 1. The number of amides is 2. The van der Waals surface area contributed by atoms with Crippen LogP contribution in [0.25, 0.3) is 11.1 Å². The summed E-state index contributed by atoms with van der Waals surface area (Å²) in [6, 6.07) is 7.37. The summed E-state index contributed by atoms with van der Waals surface area (Å²) >= 11 is 0. The maximum absolute atomic E-state index is 14.9. The number of aryl methyl sites for hydroxylation is 1. The fourth-order valence-electron chi connectivity index (χ4n) is 3.53. The fraction of sp³-hybridized carbons (Fsp3) is 0.240. The number of nitrogens with one attached hydrogen (secondary N) is 2. The smallest absolute Gasteiger partial charge is 0.505 e. The Balaban J connectivity index is 1.95. The number of hydrogen-bond donors (Lipinski definition) is 3. The van der Waals surface area contributed by atoms with Crippen LogP contribution in [0.4, 0.5) is 28.0 Å². The van der Waals surface area contributed by atoms with E-state index in [-0.39, 0.29) is 23.3 Å². The minimum Gasteiger partial charge on any atom is -0.505 e. The number of esters is 1. The SMILES string of the molecule is CCOC(=O)CC(NC(=O)Nc1c(O)ccn(C)c1=O)c1cc(-c2cccc(OC(F)(F)F)c2)ccc1F. The highest BCUT2D eigenvalue weighted by molar-refractivity contribution is 5.91. The molecule has 0 aliphatic rings. The van der Waals surface area contributed by atoms with Gasteiger partial charge in [0.1, 0.15) is 17.3 Å². The van der Waals surface area contributed by atoms with Gasteiger partial charge in [0, 0.05) is 18.8 Å². The van der Waals surface area contributed by atoms with Gasteiger partial charge in [0.25, 0.3) is 5.56 Å². The number of alkyl halides is 3. The number of benzene rings is 2. The summed E-state index contributed by atoms with van der Waals surface area (Å²) in [4.78, 5) is 37.2. The largest absolute Gasteiger partial charge is 0.573 e. The van der Waals surface area contributed by atoms with Gasteiger partial charge >= 0.3 is 18.4 Å². The normalized spacial score (nSPS) is 11.9. The van der Waals surface area contributed by atoms with E-state index in [4.69, 9.17) is 4.74 Å². The number of aromatic nitrogens is 1. The zero-order valence-electron chi connectivity index (χ0n) is 20.1. The second-order valence-electron chi connectivity index (χ2n) is 7.96. The molecule has 3 rings (SSSR count). The summed E-state index contributed by atoms with van der Waals surface area (Å²) in [5, 5.41) is 14.5. The lowest BCUT2D eigenvalue weighted by Gasteiger charge is -2.20. The highest BCUT2D eigenvalue weighted by Gasteiger charge is 2.31. The highest BCUT2D eigenvalue weighted by atomic mass is 19.4. The average Bonchev–Trinajstić information content (AvgIpc) is 2.83. The van der Waals surface area contributed by atoms with Gasteiger partial charge in [0.05, 0.1) is 19.1 Å². The molecular weight excluding hydrogens is 514 g/mol. The van der Waals surface area contributed by atoms with Gasteiger partial charge in [-0.15, -0.1) is 13.2 Å².